The highest BCUT2D eigenvalue weighted by molar-refractivity contribution is 7.91. The maximum atomic E-state index is 11.7. The summed E-state index contributed by atoms with van der Waals surface area (Å²) in [5.41, 5.74) is 0. The van der Waals surface area contributed by atoms with Gasteiger partial charge in [0.2, 0.25) is 0 Å². The highest BCUT2D eigenvalue weighted by Gasteiger charge is 2.14. The van der Waals surface area contributed by atoms with Crippen molar-refractivity contribution in [2.24, 2.45) is 0 Å². The van der Waals surface area contributed by atoms with E-state index in [9.17, 15) is 13.2 Å². The van der Waals surface area contributed by atoms with Crippen molar-refractivity contribution in [3.63, 3.8) is 0 Å². The van der Waals surface area contributed by atoms with Gasteiger partial charge in [-0.25, -0.2) is 13.2 Å². The number of hydrogen-bond donors (Lipinski definition) is 1. The van der Waals surface area contributed by atoms with Gasteiger partial charge in [-0.2, -0.15) is 5.26 Å². The minimum Gasteiger partial charge on any atom is -0.301 e. The first-order chi connectivity index (χ1) is 7.56. The summed E-state index contributed by atoms with van der Waals surface area (Å²) in [5, 5.41) is 7.98. The Morgan fingerprint density at radius 1 is 1.25 bits per heavy atom. The fourth-order valence-electron chi connectivity index (χ4n) is 1.20. The molecule has 0 heterocycles. The lowest BCUT2D eigenvalue weighted by molar-refractivity contribution is -0.234. The molecule has 0 atom stereocenters. The summed E-state index contributed by atoms with van der Waals surface area (Å²) in [6.07, 6.45) is -0.000809. The van der Waals surface area contributed by atoms with Gasteiger partial charge < -0.3 is 4.89 Å². The van der Waals surface area contributed by atoms with Crippen LogP contribution < -0.4 is 0 Å². The molecule has 1 aromatic rings. The maximum absolute atomic E-state index is 11.7. The Labute approximate surface area is 93.5 Å². The lowest BCUT2D eigenvalue weighted by Crippen LogP contribution is -2.09. The van der Waals surface area contributed by atoms with Crippen LogP contribution in [0.5, 0.6) is 0 Å². The molecule has 0 fully saturated rings. The van der Waals surface area contributed by atoms with Crippen LogP contribution in [-0.4, -0.2) is 25.4 Å². The van der Waals surface area contributed by atoms with Crippen LogP contribution in [0, 0.1) is 0 Å². The number of hydrogen-bond acceptors (Lipinski definition) is 5. The van der Waals surface area contributed by atoms with Crippen molar-refractivity contribution in [1.29, 1.82) is 0 Å². The van der Waals surface area contributed by atoms with Crippen LogP contribution in [0.4, 0.5) is 0 Å². The molecular formula is C10H12O5S. The standard InChI is InChI=1S/C10H12O5S/c11-10(15-12)7-4-8-16(13,14)9-5-2-1-3-6-9/h1-3,5-6,12H,4,7-8H2. The van der Waals surface area contributed by atoms with E-state index >= 15 is 0 Å². The Bertz CT molecular complexity index is 438. The summed E-state index contributed by atoms with van der Waals surface area (Å²) >= 11 is 0. The van der Waals surface area contributed by atoms with Gasteiger partial charge in [0.05, 0.1) is 10.6 Å². The molecular weight excluding hydrogens is 232 g/mol. The number of sulfone groups is 1. The van der Waals surface area contributed by atoms with Gasteiger partial charge in [0, 0.05) is 6.42 Å². The molecule has 0 unspecified atom stereocenters. The van der Waals surface area contributed by atoms with Crippen molar-refractivity contribution in [2.75, 3.05) is 5.75 Å². The molecule has 0 aromatic heterocycles. The van der Waals surface area contributed by atoms with E-state index in [1.165, 1.54) is 12.1 Å². The lowest BCUT2D eigenvalue weighted by atomic mass is 10.3. The second-order valence-corrected chi connectivity index (χ2v) is 5.31. The first kappa shape index (κ1) is 12.7. The van der Waals surface area contributed by atoms with Crippen LogP contribution in [-0.2, 0) is 19.5 Å². The molecule has 0 aliphatic rings. The Morgan fingerprint density at radius 3 is 2.44 bits per heavy atom. The molecule has 0 saturated carbocycles. The molecule has 0 spiro atoms. The van der Waals surface area contributed by atoms with Gasteiger partial charge in [-0.15, -0.1) is 0 Å². The van der Waals surface area contributed by atoms with Gasteiger partial charge in [-0.05, 0) is 18.6 Å². The zero-order valence-corrected chi connectivity index (χ0v) is 9.31. The Balaban J connectivity index is 2.57. The molecule has 1 N–H and O–H groups in total. The van der Waals surface area contributed by atoms with E-state index < -0.39 is 15.8 Å². The molecule has 6 heteroatoms. The van der Waals surface area contributed by atoms with E-state index in [4.69, 9.17) is 5.26 Å². The fraction of sp³-hybridized carbons (Fsp3) is 0.300. The van der Waals surface area contributed by atoms with Crippen molar-refractivity contribution in [3.05, 3.63) is 30.3 Å². The van der Waals surface area contributed by atoms with Crippen molar-refractivity contribution in [3.8, 4) is 0 Å². The third kappa shape index (κ3) is 3.63. The summed E-state index contributed by atoms with van der Waals surface area (Å²) in [5.74, 6) is -0.977. The normalized spacial score (nSPS) is 11.1. The smallest absolute Gasteiger partial charge is 0.301 e. The van der Waals surface area contributed by atoms with Crippen molar-refractivity contribution in [2.45, 2.75) is 17.7 Å². The maximum Gasteiger partial charge on any atom is 0.342 e. The van der Waals surface area contributed by atoms with Crippen molar-refractivity contribution in [1.82, 2.24) is 0 Å². The predicted molar refractivity (Wildman–Crippen MR) is 56.4 cm³/mol. The van der Waals surface area contributed by atoms with Crippen LogP contribution >= 0.6 is 0 Å². The van der Waals surface area contributed by atoms with Crippen LogP contribution in [0.25, 0.3) is 0 Å². The second kappa shape index (κ2) is 5.62. The minimum atomic E-state index is -3.35. The van der Waals surface area contributed by atoms with Crippen molar-refractivity contribution < 1.29 is 23.4 Å². The van der Waals surface area contributed by atoms with Gasteiger partial charge >= 0.3 is 5.97 Å². The largest absolute Gasteiger partial charge is 0.342 e. The number of carbonyl (C=O) groups excluding carboxylic acids is 1. The van der Waals surface area contributed by atoms with E-state index in [0.717, 1.165) is 0 Å². The van der Waals surface area contributed by atoms with Crippen LogP contribution in [0.1, 0.15) is 12.8 Å². The molecule has 0 saturated heterocycles. The Kier molecular flexibility index (Phi) is 4.45. The minimum absolute atomic E-state index is 0.122. The van der Waals surface area contributed by atoms with Crippen LogP contribution in [0.3, 0.4) is 0 Å². The number of benzene rings is 1. The van der Waals surface area contributed by atoms with Gasteiger partial charge in [0.15, 0.2) is 9.84 Å². The van der Waals surface area contributed by atoms with Gasteiger partial charge in [-0.1, -0.05) is 18.2 Å². The molecule has 0 amide bonds. The molecule has 88 valence electrons. The third-order valence-corrected chi connectivity index (χ3v) is 3.81. The summed E-state index contributed by atoms with van der Waals surface area (Å²) in [4.78, 5) is 14.2. The Morgan fingerprint density at radius 2 is 1.88 bits per heavy atom. The van der Waals surface area contributed by atoms with Gasteiger partial charge in [0.1, 0.15) is 0 Å². The molecule has 0 bridgehead atoms. The fourth-order valence-corrected chi connectivity index (χ4v) is 2.53. The van der Waals surface area contributed by atoms with E-state index in [-0.39, 0.29) is 23.5 Å². The van der Waals surface area contributed by atoms with Crippen molar-refractivity contribution >= 4 is 15.8 Å². The summed E-state index contributed by atoms with van der Waals surface area (Å²) in [7, 11) is -3.35. The zero-order valence-electron chi connectivity index (χ0n) is 8.50. The van der Waals surface area contributed by atoms with E-state index in [0.29, 0.717) is 0 Å². The van der Waals surface area contributed by atoms with E-state index in [1.807, 2.05) is 0 Å². The number of carbonyl (C=O) groups is 1. The molecule has 1 aromatic carbocycles. The molecule has 0 aliphatic heterocycles. The highest BCUT2D eigenvalue weighted by atomic mass is 32.2. The monoisotopic (exact) mass is 244 g/mol. The lowest BCUT2D eigenvalue weighted by Gasteiger charge is -2.02. The summed E-state index contributed by atoms with van der Waals surface area (Å²) in [6.45, 7) is 0. The SMILES string of the molecule is O=C(CCCS(=O)(=O)c1ccccc1)OO. The molecule has 0 aliphatic carbocycles. The zero-order chi connectivity index (χ0) is 12.0. The average molecular weight is 244 g/mol. The van der Waals surface area contributed by atoms with Crippen LogP contribution in [0.15, 0.2) is 35.2 Å². The molecule has 0 radical (unpaired) electrons. The second-order valence-electron chi connectivity index (χ2n) is 3.20. The Hall–Kier alpha value is -1.40. The molecule has 5 nitrogen and oxygen atoms in total. The average Bonchev–Trinajstić information content (AvgIpc) is 2.30. The quantitative estimate of drug-likeness (QED) is 0.623. The molecule has 16 heavy (non-hydrogen) atoms. The first-order valence-corrected chi connectivity index (χ1v) is 6.33. The van der Waals surface area contributed by atoms with E-state index in [2.05, 4.69) is 4.89 Å². The third-order valence-electron chi connectivity index (χ3n) is 2.00. The molecule has 1 rings (SSSR count). The summed E-state index contributed by atoms with van der Waals surface area (Å²) < 4.78 is 23.4. The van der Waals surface area contributed by atoms with Gasteiger partial charge in [0.25, 0.3) is 0 Å². The topological polar surface area (TPSA) is 80.7 Å². The first-order valence-electron chi connectivity index (χ1n) is 4.68. The number of rotatable bonds is 5. The van der Waals surface area contributed by atoms with E-state index in [1.54, 1.807) is 18.2 Å². The van der Waals surface area contributed by atoms with Crippen LogP contribution in [0.2, 0.25) is 0 Å². The predicted octanol–water partition coefficient (Wildman–Crippen LogP) is 1.26. The summed E-state index contributed by atoms with van der Waals surface area (Å²) in [6, 6.07) is 7.99. The van der Waals surface area contributed by atoms with Gasteiger partial charge in [-0.3, -0.25) is 0 Å². The highest BCUT2D eigenvalue weighted by Crippen LogP contribution is 2.11.